The van der Waals surface area contributed by atoms with Gasteiger partial charge >= 0.3 is 5.97 Å². The van der Waals surface area contributed by atoms with Crippen LogP contribution in [-0.2, 0) is 14.3 Å². The normalized spacial score (nSPS) is 28.8. The van der Waals surface area contributed by atoms with E-state index in [9.17, 15) is 14.7 Å². The van der Waals surface area contributed by atoms with Crippen LogP contribution in [0.3, 0.4) is 0 Å². The van der Waals surface area contributed by atoms with Gasteiger partial charge in [-0.3, -0.25) is 9.59 Å². The number of ketones is 1. The average Bonchev–Trinajstić information content (AvgIpc) is 2.21. The number of hydrogen-bond acceptors (Lipinski definition) is 3. The number of ether oxygens (including phenoxy) is 1. The standard InChI is InChI=1S/C11H18O4/c1-3-8(2)6-11(10(13)14)7-15-5-4-9(11)12/h8H,3-7H2,1-2H3,(H,13,14). The highest BCUT2D eigenvalue weighted by Gasteiger charge is 2.48. The third-order valence-corrected chi connectivity index (χ3v) is 3.16. The fraction of sp³-hybridized carbons (Fsp3) is 0.818. The van der Waals surface area contributed by atoms with Crippen LogP contribution in [0, 0.1) is 11.3 Å². The lowest BCUT2D eigenvalue weighted by Crippen LogP contribution is -2.48. The van der Waals surface area contributed by atoms with E-state index in [1.807, 2.05) is 13.8 Å². The van der Waals surface area contributed by atoms with Gasteiger partial charge in [0.1, 0.15) is 5.41 Å². The largest absolute Gasteiger partial charge is 0.480 e. The van der Waals surface area contributed by atoms with E-state index < -0.39 is 11.4 Å². The van der Waals surface area contributed by atoms with Gasteiger partial charge in [-0.15, -0.1) is 0 Å². The molecule has 4 nitrogen and oxygen atoms in total. The van der Waals surface area contributed by atoms with Gasteiger partial charge < -0.3 is 9.84 Å². The van der Waals surface area contributed by atoms with E-state index >= 15 is 0 Å². The quantitative estimate of drug-likeness (QED) is 0.720. The van der Waals surface area contributed by atoms with Crippen LogP contribution in [-0.4, -0.2) is 30.1 Å². The average molecular weight is 214 g/mol. The Bertz CT molecular complexity index is 261. The van der Waals surface area contributed by atoms with Crippen LogP contribution in [0.1, 0.15) is 33.1 Å². The molecule has 1 N–H and O–H groups in total. The lowest BCUT2D eigenvalue weighted by atomic mass is 9.74. The van der Waals surface area contributed by atoms with Crippen molar-refractivity contribution in [1.82, 2.24) is 0 Å². The number of rotatable bonds is 4. The van der Waals surface area contributed by atoms with Crippen molar-refractivity contribution in [3.8, 4) is 0 Å². The summed E-state index contributed by atoms with van der Waals surface area (Å²) < 4.78 is 5.16. The number of carbonyl (C=O) groups is 2. The Labute approximate surface area is 89.6 Å². The fourth-order valence-electron chi connectivity index (χ4n) is 1.91. The number of aliphatic carboxylic acids is 1. The molecule has 4 heteroatoms. The van der Waals surface area contributed by atoms with Crippen molar-refractivity contribution in [2.45, 2.75) is 33.1 Å². The van der Waals surface area contributed by atoms with Crippen LogP contribution in [0.25, 0.3) is 0 Å². The van der Waals surface area contributed by atoms with E-state index in [0.29, 0.717) is 13.0 Å². The highest BCUT2D eigenvalue weighted by molar-refractivity contribution is 6.03. The molecule has 1 fully saturated rings. The van der Waals surface area contributed by atoms with Crippen molar-refractivity contribution in [2.24, 2.45) is 11.3 Å². The molecule has 1 heterocycles. The summed E-state index contributed by atoms with van der Waals surface area (Å²) in [4.78, 5) is 23.0. The number of carbonyl (C=O) groups excluding carboxylic acids is 1. The van der Waals surface area contributed by atoms with E-state index in [1.165, 1.54) is 0 Å². The molecule has 0 aromatic heterocycles. The second-order valence-corrected chi connectivity index (χ2v) is 4.33. The maximum absolute atomic E-state index is 11.7. The first-order valence-corrected chi connectivity index (χ1v) is 5.37. The summed E-state index contributed by atoms with van der Waals surface area (Å²) in [5, 5.41) is 9.20. The van der Waals surface area contributed by atoms with Gasteiger partial charge in [-0.1, -0.05) is 20.3 Å². The van der Waals surface area contributed by atoms with Crippen LogP contribution in [0.5, 0.6) is 0 Å². The highest BCUT2D eigenvalue weighted by Crippen LogP contribution is 2.33. The van der Waals surface area contributed by atoms with Gasteiger partial charge in [0.05, 0.1) is 13.2 Å². The topological polar surface area (TPSA) is 63.6 Å². The Morgan fingerprint density at radius 2 is 2.33 bits per heavy atom. The molecule has 1 aliphatic rings. The molecule has 2 atom stereocenters. The smallest absolute Gasteiger partial charge is 0.319 e. The second-order valence-electron chi connectivity index (χ2n) is 4.33. The lowest BCUT2D eigenvalue weighted by molar-refractivity contribution is -0.166. The molecule has 86 valence electrons. The molecule has 15 heavy (non-hydrogen) atoms. The molecule has 0 aromatic rings. The Hall–Kier alpha value is -0.900. The van der Waals surface area contributed by atoms with E-state index in [4.69, 9.17) is 4.74 Å². The van der Waals surface area contributed by atoms with Crippen LogP contribution in [0.15, 0.2) is 0 Å². The Morgan fingerprint density at radius 1 is 1.67 bits per heavy atom. The monoisotopic (exact) mass is 214 g/mol. The maximum atomic E-state index is 11.7. The summed E-state index contributed by atoms with van der Waals surface area (Å²) in [5.74, 6) is -0.985. The van der Waals surface area contributed by atoms with Gasteiger partial charge in [0.25, 0.3) is 0 Å². The predicted molar refractivity (Wildman–Crippen MR) is 54.6 cm³/mol. The molecule has 2 unspecified atom stereocenters. The summed E-state index contributed by atoms with van der Waals surface area (Å²) in [6.07, 6.45) is 1.49. The van der Waals surface area contributed by atoms with Crippen LogP contribution < -0.4 is 0 Å². The molecule has 0 saturated carbocycles. The Morgan fingerprint density at radius 3 is 2.80 bits per heavy atom. The first-order chi connectivity index (χ1) is 7.03. The minimum absolute atomic E-state index is 0.0332. The molecule has 0 spiro atoms. The zero-order valence-electron chi connectivity index (χ0n) is 9.28. The Balaban J connectivity index is 2.86. The lowest BCUT2D eigenvalue weighted by Gasteiger charge is -2.33. The van der Waals surface area contributed by atoms with Gasteiger partial charge in [-0.2, -0.15) is 0 Å². The van der Waals surface area contributed by atoms with E-state index in [2.05, 4.69) is 0 Å². The zero-order valence-corrected chi connectivity index (χ0v) is 9.28. The van der Waals surface area contributed by atoms with Crippen LogP contribution in [0.4, 0.5) is 0 Å². The van der Waals surface area contributed by atoms with Crippen molar-refractivity contribution in [2.75, 3.05) is 13.2 Å². The van der Waals surface area contributed by atoms with Crippen LogP contribution >= 0.6 is 0 Å². The number of Topliss-reactive ketones (excluding diaryl/α,β-unsaturated/α-hetero) is 1. The number of hydrogen-bond donors (Lipinski definition) is 1. The van der Waals surface area contributed by atoms with Crippen molar-refractivity contribution in [1.29, 1.82) is 0 Å². The van der Waals surface area contributed by atoms with Crippen LogP contribution in [0.2, 0.25) is 0 Å². The molecule has 0 bridgehead atoms. The fourth-order valence-corrected chi connectivity index (χ4v) is 1.91. The van der Waals surface area contributed by atoms with E-state index in [-0.39, 0.29) is 24.7 Å². The summed E-state index contributed by atoms with van der Waals surface area (Å²) >= 11 is 0. The summed E-state index contributed by atoms with van der Waals surface area (Å²) in [7, 11) is 0. The minimum atomic E-state index is -1.28. The SMILES string of the molecule is CCC(C)CC1(C(=O)O)COCCC1=O. The molecule has 0 aliphatic carbocycles. The number of carboxylic acid groups (broad SMARTS) is 1. The molecule has 0 aromatic carbocycles. The van der Waals surface area contributed by atoms with Gasteiger partial charge in [0.2, 0.25) is 0 Å². The summed E-state index contributed by atoms with van der Waals surface area (Å²) in [6.45, 7) is 4.35. The van der Waals surface area contributed by atoms with Gasteiger partial charge in [-0.25, -0.2) is 0 Å². The highest BCUT2D eigenvalue weighted by atomic mass is 16.5. The van der Waals surface area contributed by atoms with Crippen molar-refractivity contribution in [3.63, 3.8) is 0 Å². The molecule has 1 rings (SSSR count). The van der Waals surface area contributed by atoms with Gasteiger partial charge in [0.15, 0.2) is 5.78 Å². The molecule has 1 saturated heterocycles. The van der Waals surface area contributed by atoms with Crippen molar-refractivity contribution < 1.29 is 19.4 Å². The second kappa shape index (κ2) is 4.75. The zero-order chi connectivity index (χ0) is 11.5. The third kappa shape index (κ3) is 2.37. The summed E-state index contributed by atoms with van der Waals surface area (Å²) in [5.41, 5.74) is -1.28. The molecular weight excluding hydrogens is 196 g/mol. The molecule has 0 amide bonds. The maximum Gasteiger partial charge on any atom is 0.319 e. The Kier molecular flexibility index (Phi) is 3.85. The van der Waals surface area contributed by atoms with Crippen molar-refractivity contribution in [3.05, 3.63) is 0 Å². The van der Waals surface area contributed by atoms with Crippen molar-refractivity contribution >= 4 is 11.8 Å². The molecule has 1 aliphatic heterocycles. The van der Waals surface area contributed by atoms with E-state index in [1.54, 1.807) is 0 Å². The van der Waals surface area contributed by atoms with Gasteiger partial charge in [-0.05, 0) is 12.3 Å². The first-order valence-electron chi connectivity index (χ1n) is 5.37. The summed E-state index contributed by atoms with van der Waals surface area (Å²) in [6, 6.07) is 0. The molecular formula is C11H18O4. The minimum Gasteiger partial charge on any atom is -0.480 e. The van der Waals surface area contributed by atoms with Gasteiger partial charge in [0, 0.05) is 6.42 Å². The third-order valence-electron chi connectivity index (χ3n) is 3.16. The van der Waals surface area contributed by atoms with E-state index in [0.717, 1.165) is 6.42 Å². The predicted octanol–water partition coefficient (Wildman–Crippen LogP) is 1.48. The first kappa shape index (κ1) is 12.2. The molecule has 0 radical (unpaired) electrons. The number of carboxylic acids is 1.